The van der Waals surface area contributed by atoms with Crippen molar-refractivity contribution in [3.8, 4) is 12.1 Å². The predicted molar refractivity (Wildman–Crippen MR) is 166 cm³/mol. The van der Waals surface area contributed by atoms with Crippen LogP contribution in [0, 0.1) is 28.1 Å². The van der Waals surface area contributed by atoms with Crippen LogP contribution in [0.5, 0.6) is 0 Å². The van der Waals surface area contributed by atoms with Crippen LogP contribution >= 0.6 is 11.3 Å². The number of hydrogen-bond acceptors (Lipinski definition) is 10. The number of nitriles is 2. The molecular formula is C32H28F3N9OS. The zero-order chi connectivity index (χ0) is 32.3. The number of pyridine rings is 1. The van der Waals surface area contributed by atoms with Crippen LogP contribution in [0.1, 0.15) is 61.5 Å². The van der Waals surface area contributed by atoms with Crippen LogP contribution in [0.25, 0.3) is 21.1 Å². The van der Waals surface area contributed by atoms with Crippen molar-refractivity contribution in [3.63, 3.8) is 0 Å². The molecule has 1 aliphatic heterocycles. The smallest absolute Gasteiger partial charge is 0.381 e. The molecule has 234 valence electrons. The van der Waals surface area contributed by atoms with E-state index in [0.717, 1.165) is 26.9 Å². The number of thiazole rings is 1. The van der Waals surface area contributed by atoms with Crippen molar-refractivity contribution in [2.75, 3.05) is 23.8 Å². The van der Waals surface area contributed by atoms with Crippen molar-refractivity contribution in [1.82, 2.24) is 25.0 Å². The second kappa shape index (κ2) is 10.9. The molecule has 3 aromatic heterocycles. The maximum Gasteiger partial charge on any atom is 0.413 e. The number of nitrogens with one attached hydrogen (secondary N) is 2. The van der Waals surface area contributed by atoms with E-state index in [1.54, 1.807) is 17.6 Å². The van der Waals surface area contributed by atoms with E-state index in [-0.39, 0.29) is 35.6 Å². The van der Waals surface area contributed by atoms with Crippen molar-refractivity contribution < 1.29 is 17.9 Å². The first kappa shape index (κ1) is 29.9. The fourth-order valence-corrected chi connectivity index (χ4v) is 7.01. The minimum atomic E-state index is -4.47. The average molecular weight is 644 g/mol. The van der Waals surface area contributed by atoms with Gasteiger partial charge in [-0.25, -0.2) is 9.67 Å². The predicted octanol–water partition coefficient (Wildman–Crippen LogP) is 6.66. The van der Waals surface area contributed by atoms with Gasteiger partial charge in [-0.1, -0.05) is 31.2 Å². The van der Waals surface area contributed by atoms with Crippen molar-refractivity contribution >= 4 is 43.8 Å². The summed E-state index contributed by atoms with van der Waals surface area (Å²) in [5, 5.41) is 36.0. The van der Waals surface area contributed by atoms with E-state index < -0.39 is 17.8 Å². The Morgan fingerprint density at radius 3 is 2.65 bits per heavy atom. The van der Waals surface area contributed by atoms with E-state index in [0.29, 0.717) is 41.1 Å². The molecule has 5 aromatic rings. The maximum atomic E-state index is 14.0. The minimum Gasteiger partial charge on any atom is -0.381 e. The van der Waals surface area contributed by atoms with Crippen LogP contribution in [0.3, 0.4) is 0 Å². The third-order valence-electron chi connectivity index (χ3n) is 9.00. The Bertz CT molecular complexity index is 2050. The van der Waals surface area contributed by atoms with Gasteiger partial charge in [0.15, 0.2) is 5.54 Å². The van der Waals surface area contributed by atoms with Gasteiger partial charge in [-0.05, 0) is 43.0 Å². The molecular weight excluding hydrogens is 615 g/mol. The average Bonchev–Trinajstić information content (AvgIpc) is 3.47. The lowest BCUT2D eigenvalue weighted by Crippen LogP contribution is -2.44. The van der Waals surface area contributed by atoms with Gasteiger partial charge in [-0.15, -0.1) is 16.4 Å². The number of rotatable bonds is 7. The largest absolute Gasteiger partial charge is 0.413 e. The van der Waals surface area contributed by atoms with Crippen molar-refractivity contribution in [3.05, 3.63) is 70.6 Å². The van der Waals surface area contributed by atoms with E-state index in [9.17, 15) is 23.7 Å². The SMILES string of the molecule is CC1(C)COCC[C@@H]1Nc1c(C#N)cnc2c(C#N)cc(N[C@H](c3cn(C4(C(F)(F)F)CC4)nn3)c3cccc4ncsc34)cc12. The molecule has 2 atom stereocenters. The van der Waals surface area contributed by atoms with Gasteiger partial charge in [-0.2, -0.15) is 23.7 Å². The molecule has 2 aromatic carbocycles. The zero-order valence-corrected chi connectivity index (χ0v) is 25.7. The first-order chi connectivity index (χ1) is 22.0. The molecule has 2 aliphatic rings. The molecule has 14 heteroatoms. The summed E-state index contributed by atoms with van der Waals surface area (Å²) in [5.41, 5.74) is 3.25. The zero-order valence-electron chi connectivity index (χ0n) is 24.9. The van der Waals surface area contributed by atoms with E-state index >= 15 is 0 Å². The normalized spacial score (nSPS) is 19.3. The summed E-state index contributed by atoms with van der Waals surface area (Å²) in [7, 11) is 0. The van der Waals surface area contributed by atoms with Crippen LogP contribution in [0.4, 0.5) is 24.5 Å². The van der Waals surface area contributed by atoms with Crippen molar-refractivity contribution in [2.24, 2.45) is 5.41 Å². The van der Waals surface area contributed by atoms with Gasteiger partial charge in [0.25, 0.3) is 0 Å². The first-order valence-electron chi connectivity index (χ1n) is 14.7. The number of benzene rings is 2. The molecule has 0 bridgehead atoms. The summed E-state index contributed by atoms with van der Waals surface area (Å²) in [6.45, 7) is 5.31. The van der Waals surface area contributed by atoms with E-state index in [1.165, 1.54) is 23.7 Å². The van der Waals surface area contributed by atoms with Crippen molar-refractivity contribution in [2.45, 2.75) is 56.9 Å². The Balaban J connectivity index is 1.36. The van der Waals surface area contributed by atoms with Gasteiger partial charge in [0.2, 0.25) is 0 Å². The molecule has 2 N–H and O–H groups in total. The molecule has 1 saturated carbocycles. The van der Waals surface area contributed by atoms with Crippen LogP contribution in [-0.4, -0.2) is 50.4 Å². The lowest BCUT2D eigenvalue weighted by atomic mass is 9.81. The second-order valence-corrected chi connectivity index (χ2v) is 13.3. The molecule has 10 nitrogen and oxygen atoms in total. The molecule has 0 radical (unpaired) electrons. The van der Waals surface area contributed by atoms with Gasteiger partial charge >= 0.3 is 6.18 Å². The van der Waals surface area contributed by atoms with Gasteiger partial charge < -0.3 is 15.4 Å². The quantitative estimate of drug-likeness (QED) is 0.199. The van der Waals surface area contributed by atoms with Crippen LogP contribution < -0.4 is 10.6 Å². The number of aromatic nitrogens is 5. The van der Waals surface area contributed by atoms with E-state index in [2.05, 4.69) is 56.9 Å². The summed E-state index contributed by atoms with van der Waals surface area (Å²) >= 11 is 1.41. The Morgan fingerprint density at radius 2 is 1.93 bits per heavy atom. The third-order valence-corrected chi connectivity index (χ3v) is 9.90. The van der Waals surface area contributed by atoms with Gasteiger partial charge in [0.05, 0.1) is 56.9 Å². The Morgan fingerprint density at radius 1 is 1.13 bits per heavy atom. The second-order valence-electron chi connectivity index (χ2n) is 12.5. The molecule has 0 amide bonds. The summed E-state index contributed by atoms with van der Waals surface area (Å²) in [5.74, 6) is 0. The van der Waals surface area contributed by atoms with Gasteiger partial charge in [-0.3, -0.25) is 4.98 Å². The first-order valence-corrected chi connectivity index (χ1v) is 15.6. The number of nitrogens with zero attached hydrogens (tertiary/aromatic N) is 7. The molecule has 46 heavy (non-hydrogen) atoms. The fraction of sp³-hybridized carbons (Fsp3) is 0.375. The number of hydrogen-bond donors (Lipinski definition) is 2. The molecule has 2 fully saturated rings. The highest BCUT2D eigenvalue weighted by molar-refractivity contribution is 7.17. The van der Waals surface area contributed by atoms with Crippen LogP contribution in [0.15, 0.2) is 48.2 Å². The van der Waals surface area contributed by atoms with Crippen LogP contribution in [-0.2, 0) is 10.3 Å². The maximum absolute atomic E-state index is 14.0. The number of ether oxygens (including phenoxy) is 1. The van der Waals surface area contributed by atoms with E-state index in [4.69, 9.17) is 4.74 Å². The highest BCUT2D eigenvalue weighted by Gasteiger charge is 2.66. The Hall–Kier alpha value is -4.79. The number of anilines is 2. The summed E-state index contributed by atoms with van der Waals surface area (Å²) in [6.07, 6.45) is -1.06. The monoisotopic (exact) mass is 643 g/mol. The van der Waals surface area contributed by atoms with Crippen molar-refractivity contribution in [1.29, 1.82) is 10.5 Å². The third kappa shape index (κ3) is 4.98. The Kier molecular flexibility index (Phi) is 7.10. The Labute approximate surface area is 265 Å². The molecule has 7 rings (SSSR count). The lowest BCUT2D eigenvalue weighted by molar-refractivity contribution is -0.182. The number of halogens is 3. The highest BCUT2D eigenvalue weighted by atomic mass is 32.1. The summed E-state index contributed by atoms with van der Waals surface area (Å²) in [6, 6.07) is 12.7. The van der Waals surface area contributed by atoms with Gasteiger partial charge in [0.1, 0.15) is 17.8 Å². The molecule has 4 heterocycles. The molecule has 1 saturated heterocycles. The summed E-state index contributed by atoms with van der Waals surface area (Å²) < 4.78 is 49.4. The molecule has 0 spiro atoms. The number of fused-ring (bicyclic) bond motifs is 2. The van der Waals surface area contributed by atoms with Gasteiger partial charge in [0, 0.05) is 35.3 Å². The van der Waals surface area contributed by atoms with Crippen LogP contribution in [0.2, 0.25) is 0 Å². The highest BCUT2D eigenvalue weighted by Crippen LogP contribution is 2.55. The standard InChI is InChI=1S/C32H28F3N9OS/c1-30(2)16-45-9-6-25(30)41-27-19(13-37)14-38-26-18(12-36)10-20(11-22(26)27)40-28(21-4-3-5-23-29(21)46-17-39-23)24-15-44(43-42-24)31(7-8-31)32(33,34)35/h3-5,10-11,14-15,17,25,28,40H,6-9,16H2,1-2H3,(H,38,41)/t25-,28-/m0/s1. The van der Waals surface area contributed by atoms with E-state index in [1.807, 2.05) is 18.2 Å². The number of alkyl halides is 3. The topological polar surface area (TPSA) is 137 Å². The minimum absolute atomic E-state index is 0.0174. The fourth-order valence-electron chi connectivity index (χ4n) is 6.17. The lowest BCUT2D eigenvalue weighted by Gasteiger charge is -2.39. The summed E-state index contributed by atoms with van der Waals surface area (Å²) in [4.78, 5) is 8.88. The molecule has 1 aliphatic carbocycles. The molecule has 0 unspecified atom stereocenters.